The molecule has 0 atom stereocenters. The van der Waals surface area contributed by atoms with Crippen LogP contribution in [0.5, 0.6) is 0 Å². The second kappa shape index (κ2) is 6.10. The summed E-state index contributed by atoms with van der Waals surface area (Å²) < 4.78 is 0. The molecule has 0 N–H and O–H groups in total. The first-order valence-electron chi connectivity index (χ1n) is 8.00. The largest absolute Gasteiger partial charge is 0.0622 e. The third-order valence-corrected chi connectivity index (χ3v) is 4.37. The second-order valence-electron chi connectivity index (χ2n) is 5.86. The molecular formula is C23H18. The zero-order chi connectivity index (χ0) is 15.5. The monoisotopic (exact) mass is 294 g/mol. The Hall–Kier alpha value is -2.86. The van der Waals surface area contributed by atoms with E-state index in [-0.39, 0.29) is 5.92 Å². The van der Waals surface area contributed by atoms with Gasteiger partial charge in [0.1, 0.15) is 0 Å². The molecule has 0 saturated carbocycles. The molecule has 0 amide bonds. The molecule has 0 spiro atoms. The molecule has 4 aromatic rings. The van der Waals surface area contributed by atoms with Crippen molar-refractivity contribution in [1.29, 1.82) is 0 Å². The summed E-state index contributed by atoms with van der Waals surface area (Å²) in [6.45, 7) is 0. The Bertz CT molecular complexity index is 868. The lowest BCUT2D eigenvalue weighted by molar-refractivity contribution is 0.980. The highest BCUT2D eigenvalue weighted by Gasteiger charge is 2.16. The number of hydrogen-bond acceptors (Lipinski definition) is 0. The van der Waals surface area contributed by atoms with Crippen LogP contribution in [0.4, 0.5) is 0 Å². The zero-order valence-electron chi connectivity index (χ0n) is 12.9. The van der Waals surface area contributed by atoms with Crippen LogP contribution < -0.4 is 0 Å². The summed E-state index contributed by atoms with van der Waals surface area (Å²) in [5, 5.41) is 2.58. The molecule has 0 heterocycles. The van der Waals surface area contributed by atoms with Gasteiger partial charge in [-0.1, -0.05) is 103 Å². The van der Waals surface area contributed by atoms with E-state index in [1.165, 1.54) is 27.5 Å². The molecule has 110 valence electrons. The summed E-state index contributed by atoms with van der Waals surface area (Å²) in [6, 6.07) is 36.8. The Labute approximate surface area is 137 Å². The maximum atomic E-state index is 2.32. The van der Waals surface area contributed by atoms with Crippen LogP contribution in [0.25, 0.3) is 10.8 Å². The lowest BCUT2D eigenvalue weighted by Crippen LogP contribution is -2.03. The van der Waals surface area contributed by atoms with Gasteiger partial charge in [-0.2, -0.15) is 0 Å². The van der Waals surface area contributed by atoms with Crippen LogP contribution in [-0.4, -0.2) is 0 Å². The molecule has 0 unspecified atom stereocenters. The lowest BCUT2D eigenvalue weighted by atomic mass is 9.84. The molecule has 0 radical (unpaired) electrons. The third kappa shape index (κ3) is 2.76. The normalized spacial score (nSPS) is 11.0. The van der Waals surface area contributed by atoms with Gasteiger partial charge in [-0.3, -0.25) is 0 Å². The fraction of sp³-hybridized carbons (Fsp3) is 0.0435. The molecule has 0 heteroatoms. The van der Waals surface area contributed by atoms with E-state index in [2.05, 4.69) is 103 Å². The summed E-state index contributed by atoms with van der Waals surface area (Å²) in [5.74, 6) is 0.266. The van der Waals surface area contributed by atoms with Crippen LogP contribution in [0.1, 0.15) is 22.6 Å². The molecule has 4 rings (SSSR count). The average Bonchev–Trinajstić information content (AvgIpc) is 2.64. The minimum absolute atomic E-state index is 0.266. The predicted octanol–water partition coefficient (Wildman–Crippen LogP) is 6.02. The van der Waals surface area contributed by atoms with Gasteiger partial charge in [0.15, 0.2) is 0 Å². The van der Waals surface area contributed by atoms with Gasteiger partial charge in [0.25, 0.3) is 0 Å². The van der Waals surface area contributed by atoms with Crippen LogP contribution in [-0.2, 0) is 0 Å². The van der Waals surface area contributed by atoms with Crippen molar-refractivity contribution in [1.82, 2.24) is 0 Å². The number of fused-ring (bicyclic) bond motifs is 1. The third-order valence-electron chi connectivity index (χ3n) is 4.37. The first-order valence-corrected chi connectivity index (χ1v) is 8.00. The maximum Gasteiger partial charge on any atom is 0.0340 e. The summed E-state index contributed by atoms with van der Waals surface area (Å²) in [5.41, 5.74) is 3.99. The quantitative estimate of drug-likeness (QED) is 0.405. The highest BCUT2D eigenvalue weighted by molar-refractivity contribution is 5.83. The van der Waals surface area contributed by atoms with Gasteiger partial charge < -0.3 is 0 Å². The number of benzene rings is 4. The van der Waals surface area contributed by atoms with E-state index in [0.717, 1.165) is 0 Å². The van der Waals surface area contributed by atoms with Gasteiger partial charge in [-0.15, -0.1) is 0 Å². The van der Waals surface area contributed by atoms with Crippen LogP contribution in [0.2, 0.25) is 0 Å². The van der Waals surface area contributed by atoms with E-state index < -0.39 is 0 Å². The van der Waals surface area contributed by atoms with E-state index in [4.69, 9.17) is 0 Å². The van der Waals surface area contributed by atoms with Crippen molar-refractivity contribution in [2.45, 2.75) is 5.92 Å². The van der Waals surface area contributed by atoms with Crippen molar-refractivity contribution >= 4 is 10.8 Å². The molecule has 0 aliphatic rings. The van der Waals surface area contributed by atoms with Crippen molar-refractivity contribution in [3.63, 3.8) is 0 Å². The zero-order valence-corrected chi connectivity index (χ0v) is 12.9. The molecule has 0 aromatic heterocycles. The molecule has 0 aliphatic heterocycles. The van der Waals surface area contributed by atoms with Crippen LogP contribution in [0, 0.1) is 0 Å². The smallest absolute Gasteiger partial charge is 0.0340 e. The number of rotatable bonds is 3. The van der Waals surface area contributed by atoms with Crippen molar-refractivity contribution in [3.05, 3.63) is 120 Å². The van der Waals surface area contributed by atoms with E-state index in [0.29, 0.717) is 0 Å². The standard InChI is InChI=1S/C23H18/c1-3-10-19(11-4-1)23(20-12-5-2-6-13-20)22-16-15-18-9-7-8-14-21(18)17-22/h1-17,23H. The van der Waals surface area contributed by atoms with Gasteiger partial charge in [0.2, 0.25) is 0 Å². The van der Waals surface area contributed by atoms with E-state index in [1.807, 2.05) is 0 Å². The van der Waals surface area contributed by atoms with E-state index >= 15 is 0 Å². The van der Waals surface area contributed by atoms with Gasteiger partial charge in [0.05, 0.1) is 0 Å². The van der Waals surface area contributed by atoms with E-state index in [9.17, 15) is 0 Å². The average molecular weight is 294 g/mol. The van der Waals surface area contributed by atoms with Crippen molar-refractivity contribution < 1.29 is 0 Å². The summed E-state index contributed by atoms with van der Waals surface area (Å²) >= 11 is 0. The Morgan fingerprint density at radius 2 is 0.913 bits per heavy atom. The Morgan fingerprint density at radius 3 is 1.52 bits per heavy atom. The summed E-state index contributed by atoms with van der Waals surface area (Å²) in [6.07, 6.45) is 0. The number of hydrogen-bond donors (Lipinski definition) is 0. The van der Waals surface area contributed by atoms with Gasteiger partial charge in [0, 0.05) is 5.92 Å². The van der Waals surface area contributed by atoms with E-state index in [1.54, 1.807) is 0 Å². The summed E-state index contributed by atoms with van der Waals surface area (Å²) in [7, 11) is 0. The van der Waals surface area contributed by atoms with Crippen LogP contribution in [0.15, 0.2) is 103 Å². The molecule has 0 bridgehead atoms. The van der Waals surface area contributed by atoms with Crippen molar-refractivity contribution in [2.24, 2.45) is 0 Å². The maximum absolute atomic E-state index is 2.32. The first-order chi connectivity index (χ1) is 11.4. The minimum Gasteiger partial charge on any atom is -0.0622 e. The first kappa shape index (κ1) is 13.8. The molecule has 4 aromatic carbocycles. The topological polar surface area (TPSA) is 0 Å². The molecule has 0 nitrogen and oxygen atoms in total. The molecule has 0 aliphatic carbocycles. The highest BCUT2D eigenvalue weighted by atomic mass is 14.2. The van der Waals surface area contributed by atoms with Crippen LogP contribution in [0.3, 0.4) is 0 Å². The van der Waals surface area contributed by atoms with Gasteiger partial charge >= 0.3 is 0 Å². The molecule has 0 saturated heterocycles. The molecule has 0 fully saturated rings. The second-order valence-corrected chi connectivity index (χ2v) is 5.86. The van der Waals surface area contributed by atoms with Gasteiger partial charge in [-0.25, -0.2) is 0 Å². The highest BCUT2D eigenvalue weighted by Crippen LogP contribution is 2.33. The Morgan fingerprint density at radius 1 is 0.391 bits per heavy atom. The fourth-order valence-electron chi connectivity index (χ4n) is 3.26. The van der Waals surface area contributed by atoms with Crippen LogP contribution >= 0.6 is 0 Å². The van der Waals surface area contributed by atoms with Gasteiger partial charge in [-0.05, 0) is 27.5 Å². The Balaban J connectivity index is 1.90. The van der Waals surface area contributed by atoms with Crippen molar-refractivity contribution in [2.75, 3.05) is 0 Å². The predicted molar refractivity (Wildman–Crippen MR) is 97.8 cm³/mol. The fourth-order valence-corrected chi connectivity index (χ4v) is 3.26. The molecule has 23 heavy (non-hydrogen) atoms. The Kier molecular flexibility index (Phi) is 3.65. The summed E-state index contributed by atoms with van der Waals surface area (Å²) in [4.78, 5) is 0. The lowest BCUT2D eigenvalue weighted by Gasteiger charge is -2.19. The van der Waals surface area contributed by atoms with Crippen molar-refractivity contribution in [3.8, 4) is 0 Å². The molecular weight excluding hydrogens is 276 g/mol. The minimum atomic E-state index is 0.266. The SMILES string of the molecule is c1ccc(C(c2ccccc2)c2ccc3ccccc3c2)cc1.